The number of esters is 2. The number of hydrogen-bond acceptors (Lipinski definition) is 8. The Bertz CT molecular complexity index is 809. The highest BCUT2D eigenvalue weighted by atomic mass is 16.5. The molecule has 2 aromatic carbocycles. The first-order chi connectivity index (χ1) is 13.5. The SMILES string of the molecule is COC(=O)c1ccc(NC/C=C/CNc2ccc(C(=O)OC)cc2N)c(N)c1. The number of benzene rings is 2. The van der Waals surface area contributed by atoms with Gasteiger partial charge in [-0.05, 0) is 36.4 Å². The highest BCUT2D eigenvalue weighted by molar-refractivity contribution is 5.92. The molecular formula is C20H24N4O4. The Hall–Kier alpha value is -3.68. The third kappa shape index (κ3) is 5.41. The van der Waals surface area contributed by atoms with Crippen LogP contribution in [-0.4, -0.2) is 39.2 Å². The van der Waals surface area contributed by atoms with Crippen molar-refractivity contribution in [2.24, 2.45) is 0 Å². The lowest BCUT2D eigenvalue weighted by Gasteiger charge is -2.09. The number of nitrogens with one attached hydrogen (secondary N) is 2. The Morgan fingerprint density at radius 2 is 1.21 bits per heavy atom. The lowest BCUT2D eigenvalue weighted by atomic mass is 10.1. The van der Waals surface area contributed by atoms with Gasteiger partial charge < -0.3 is 31.6 Å². The molecule has 8 heteroatoms. The first-order valence-electron chi connectivity index (χ1n) is 8.54. The van der Waals surface area contributed by atoms with Gasteiger partial charge in [0.15, 0.2) is 0 Å². The van der Waals surface area contributed by atoms with Crippen LogP contribution in [0, 0.1) is 0 Å². The van der Waals surface area contributed by atoms with E-state index in [0.29, 0.717) is 35.6 Å². The zero-order valence-electron chi connectivity index (χ0n) is 15.8. The maximum Gasteiger partial charge on any atom is 0.337 e. The van der Waals surface area contributed by atoms with Crippen molar-refractivity contribution in [2.45, 2.75) is 0 Å². The largest absolute Gasteiger partial charge is 0.465 e. The van der Waals surface area contributed by atoms with E-state index in [1.165, 1.54) is 14.2 Å². The van der Waals surface area contributed by atoms with Crippen molar-refractivity contribution >= 4 is 34.7 Å². The summed E-state index contributed by atoms with van der Waals surface area (Å²) in [6, 6.07) is 9.90. The van der Waals surface area contributed by atoms with Crippen molar-refractivity contribution in [1.29, 1.82) is 0 Å². The second kappa shape index (κ2) is 9.86. The van der Waals surface area contributed by atoms with Crippen LogP contribution in [0.25, 0.3) is 0 Å². The molecule has 0 spiro atoms. The topological polar surface area (TPSA) is 129 Å². The molecule has 0 fully saturated rings. The summed E-state index contributed by atoms with van der Waals surface area (Å²) in [4.78, 5) is 22.9. The van der Waals surface area contributed by atoms with Crippen molar-refractivity contribution in [3.63, 3.8) is 0 Å². The van der Waals surface area contributed by atoms with E-state index in [1.807, 2.05) is 12.2 Å². The molecule has 0 radical (unpaired) electrons. The van der Waals surface area contributed by atoms with Crippen molar-refractivity contribution < 1.29 is 19.1 Å². The lowest BCUT2D eigenvalue weighted by Crippen LogP contribution is -2.07. The number of ether oxygens (including phenoxy) is 2. The minimum absolute atomic E-state index is 0.404. The molecule has 8 nitrogen and oxygen atoms in total. The molecule has 0 aromatic heterocycles. The Balaban J connectivity index is 1.82. The molecule has 0 aliphatic carbocycles. The van der Waals surface area contributed by atoms with E-state index in [0.717, 1.165) is 11.4 Å². The fourth-order valence-electron chi connectivity index (χ4n) is 2.44. The van der Waals surface area contributed by atoms with Gasteiger partial charge in [-0.25, -0.2) is 9.59 Å². The van der Waals surface area contributed by atoms with Gasteiger partial charge in [0.2, 0.25) is 0 Å². The smallest absolute Gasteiger partial charge is 0.337 e. The van der Waals surface area contributed by atoms with Crippen LogP contribution >= 0.6 is 0 Å². The van der Waals surface area contributed by atoms with Gasteiger partial charge in [0.05, 0.1) is 48.1 Å². The van der Waals surface area contributed by atoms with E-state index < -0.39 is 11.9 Å². The fraction of sp³-hybridized carbons (Fsp3) is 0.200. The summed E-state index contributed by atoms with van der Waals surface area (Å²) in [6.45, 7) is 1.11. The summed E-state index contributed by atoms with van der Waals surface area (Å²) in [6.07, 6.45) is 3.86. The van der Waals surface area contributed by atoms with Gasteiger partial charge in [0.1, 0.15) is 0 Å². The van der Waals surface area contributed by atoms with E-state index in [2.05, 4.69) is 20.1 Å². The van der Waals surface area contributed by atoms with Crippen molar-refractivity contribution in [3.8, 4) is 0 Å². The number of hydrogen-bond donors (Lipinski definition) is 4. The molecule has 0 unspecified atom stereocenters. The number of rotatable bonds is 8. The molecule has 0 atom stereocenters. The molecule has 148 valence electrons. The van der Waals surface area contributed by atoms with Crippen molar-refractivity contribution in [3.05, 3.63) is 59.7 Å². The van der Waals surface area contributed by atoms with Crippen LogP contribution < -0.4 is 22.1 Å². The molecule has 0 amide bonds. The summed E-state index contributed by atoms with van der Waals surface area (Å²) in [7, 11) is 2.65. The van der Waals surface area contributed by atoms with Gasteiger partial charge in [-0.2, -0.15) is 0 Å². The number of nitrogens with two attached hydrogens (primary N) is 2. The number of nitrogen functional groups attached to an aromatic ring is 2. The van der Waals surface area contributed by atoms with Gasteiger partial charge >= 0.3 is 11.9 Å². The molecule has 6 N–H and O–H groups in total. The van der Waals surface area contributed by atoms with Gasteiger partial charge in [0, 0.05) is 13.1 Å². The Labute approximate surface area is 163 Å². The maximum atomic E-state index is 11.5. The Morgan fingerprint density at radius 1 is 0.821 bits per heavy atom. The fourth-order valence-corrected chi connectivity index (χ4v) is 2.44. The van der Waals surface area contributed by atoms with E-state index >= 15 is 0 Å². The van der Waals surface area contributed by atoms with Crippen LogP contribution in [0.2, 0.25) is 0 Å². The van der Waals surface area contributed by atoms with Crippen LogP contribution in [-0.2, 0) is 9.47 Å². The highest BCUT2D eigenvalue weighted by Crippen LogP contribution is 2.21. The average Bonchev–Trinajstić information content (AvgIpc) is 2.71. The van der Waals surface area contributed by atoms with Crippen LogP contribution in [0.5, 0.6) is 0 Å². The van der Waals surface area contributed by atoms with Crippen LogP contribution in [0.1, 0.15) is 20.7 Å². The predicted molar refractivity (Wildman–Crippen MR) is 111 cm³/mol. The van der Waals surface area contributed by atoms with E-state index in [4.69, 9.17) is 11.5 Å². The highest BCUT2D eigenvalue weighted by Gasteiger charge is 2.08. The molecule has 0 bridgehead atoms. The van der Waals surface area contributed by atoms with Crippen molar-refractivity contribution in [2.75, 3.05) is 49.4 Å². The maximum absolute atomic E-state index is 11.5. The van der Waals surface area contributed by atoms with Gasteiger partial charge in [0.25, 0.3) is 0 Å². The van der Waals surface area contributed by atoms with Crippen LogP contribution in [0.4, 0.5) is 22.7 Å². The second-order valence-electron chi connectivity index (χ2n) is 5.82. The zero-order chi connectivity index (χ0) is 20.5. The summed E-state index contributed by atoms with van der Waals surface area (Å²) in [5, 5.41) is 6.33. The quantitative estimate of drug-likeness (QED) is 0.310. The third-order valence-corrected chi connectivity index (χ3v) is 3.93. The Kier molecular flexibility index (Phi) is 7.27. The first kappa shape index (κ1) is 20.6. The summed E-state index contributed by atoms with van der Waals surface area (Å²) in [5.41, 5.74) is 15.1. The minimum Gasteiger partial charge on any atom is -0.465 e. The number of methoxy groups -OCH3 is 2. The van der Waals surface area contributed by atoms with Gasteiger partial charge in [-0.15, -0.1) is 0 Å². The lowest BCUT2D eigenvalue weighted by molar-refractivity contribution is 0.0592. The molecule has 2 aromatic rings. The van der Waals surface area contributed by atoms with Gasteiger partial charge in [-0.3, -0.25) is 0 Å². The molecule has 0 saturated heterocycles. The monoisotopic (exact) mass is 384 g/mol. The van der Waals surface area contributed by atoms with Crippen molar-refractivity contribution in [1.82, 2.24) is 0 Å². The van der Waals surface area contributed by atoms with E-state index in [-0.39, 0.29) is 0 Å². The average molecular weight is 384 g/mol. The molecule has 0 saturated carbocycles. The minimum atomic E-state index is -0.428. The summed E-state index contributed by atoms with van der Waals surface area (Å²) in [5.74, 6) is -0.855. The predicted octanol–water partition coefficient (Wildman–Crippen LogP) is 2.50. The number of anilines is 4. The second-order valence-corrected chi connectivity index (χ2v) is 5.82. The Morgan fingerprint density at radius 3 is 1.54 bits per heavy atom. The summed E-state index contributed by atoms with van der Waals surface area (Å²) < 4.78 is 9.32. The summed E-state index contributed by atoms with van der Waals surface area (Å²) >= 11 is 0. The first-order valence-corrected chi connectivity index (χ1v) is 8.54. The van der Waals surface area contributed by atoms with E-state index in [9.17, 15) is 9.59 Å². The van der Waals surface area contributed by atoms with Gasteiger partial charge in [-0.1, -0.05) is 12.2 Å². The van der Waals surface area contributed by atoms with Crippen LogP contribution in [0.3, 0.4) is 0 Å². The molecule has 0 heterocycles. The number of carbonyl (C=O) groups excluding carboxylic acids is 2. The van der Waals surface area contributed by atoms with E-state index in [1.54, 1.807) is 36.4 Å². The molecular weight excluding hydrogens is 360 g/mol. The number of carbonyl (C=O) groups is 2. The zero-order valence-corrected chi connectivity index (χ0v) is 15.8. The molecule has 0 aliphatic rings. The molecule has 28 heavy (non-hydrogen) atoms. The van der Waals surface area contributed by atoms with Crippen LogP contribution in [0.15, 0.2) is 48.6 Å². The third-order valence-electron chi connectivity index (χ3n) is 3.93. The normalized spacial score (nSPS) is 10.5. The standard InChI is InChI=1S/C20H24N4O4/c1-27-19(25)13-5-7-17(15(21)11-13)23-9-3-4-10-24-18-8-6-14(12-16(18)22)20(26)28-2/h3-8,11-12,23-24H,9-10,21-22H2,1-2H3/b4-3+. The molecule has 0 aliphatic heterocycles. The molecule has 2 rings (SSSR count).